The number of primary amides is 1. The number of hydrogen-bond acceptors (Lipinski definition) is 5. The second-order valence-electron chi connectivity index (χ2n) is 8.56. The Morgan fingerprint density at radius 2 is 1.94 bits per heavy atom. The predicted octanol–water partition coefficient (Wildman–Crippen LogP) is 4.29. The fourth-order valence-electron chi connectivity index (χ4n) is 3.80. The summed E-state index contributed by atoms with van der Waals surface area (Å²) in [6, 6.07) is 6.34. The number of amides is 2. The van der Waals surface area contributed by atoms with Gasteiger partial charge in [-0.15, -0.1) is 11.3 Å². The summed E-state index contributed by atoms with van der Waals surface area (Å²) in [5.74, 6) is 0.710. The Bertz CT molecular complexity index is 844. The molecule has 172 valence electrons. The van der Waals surface area contributed by atoms with Crippen LogP contribution < -0.4 is 11.1 Å². The zero-order valence-corrected chi connectivity index (χ0v) is 19.8. The first kappa shape index (κ1) is 25.3. The number of nitrogens with two attached hydrogens (primary N) is 1. The fourth-order valence-corrected chi connectivity index (χ4v) is 4.82. The van der Waals surface area contributed by atoms with Gasteiger partial charge in [-0.3, -0.25) is 9.59 Å². The van der Waals surface area contributed by atoms with E-state index in [4.69, 9.17) is 0 Å². The van der Waals surface area contributed by atoms with Gasteiger partial charge < -0.3 is 16.2 Å². The molecule has 0 radical (unpaired) electrons. The van der Waals surface area contributed by atoms with Crippen molar-refractivity contribution in [3.8, 4) is 0 Å². The van der Waals surface area contributed by atoms with Gasteiger partial charge in [0.15, 0.2) is 0 Å². The second-order valence-corrected chi connectivity index (χ2v) is 9.68. The van der Waals surface area contributed by atoms with Crippen molar-refractivity contribution in [2.45, 2.75) is 84.1 Å². The first-order valence-electron chi connectivity index (χ1n) is 11.4. The summed E-state index contributed by atoms with van der Waals surface area (Å²) in [6.07, 6.45) is 7.45. The molecule has 1 aliphatic rings. The summed E-state index contributed by atoms with van der Waals surface area (Å²) in [6.45, 7) is 6.15. The lowest BCUT2D eigenvalue weighted by atomic mass is 9.84. The number of aliphatic hydroxyl groups is 1. The average Bonchev–Trinajstić information content (AvgIpc) is 3.19. The van der Waals surface area contributed by atoms with Crippen LogP contribution in [0.25, 0.3) is 10.2 Å². The van der Waals surface area contributed by atoms with E-state index >= 15 is 0 Å². The van der Waals surface area contributed by atoms with Crippen LogP contribution in [-0.4, -0.2) is 34.6 Å². The van der Waals surface area contributed by atoms with Crippen LogP contribution in [0.1, 0.15) is 82.2 Å². The van der Waals surface area contributed by atoms with Gasteiger partial charge >= 0.3 is 0 Å². The Kier molecular flexibility index (Phi) is 10.4. The third-order valence-corrected chi connectivity index (χ3v) is 6.88. The summed E-state index contributed by atoms with van der Waals surface area (Å²) in [5, 5.41) is 13.7. The number of benzene rings is 1. The zero-order valence-electron chi connectivity index (χ0n) is 19.0. The number of nitrogens with one attached hydrogen (secondary N) is 1. The van der Waals surface area contributed by atoms with Crippen LogP contribution in [0.4, 0.5) is 0 Å². The Hall–Kier alpha value is -1.99. The molecule has 3 rings (SSSR count). The van der Waals surface area contributed by atoms with E-state index in [9.17, 15) is 14.7 Å². The molecule has 1 saturated carbocycles. The van der Waals surface area contributed by atoms with Gasteiger partial charge in [0.1, 0.15) is 0 Å². The van der Waals surface area contributed by atoms with E-state index in [-0.39, 0.29) is 24.5 Å². The van der Waals surface area contributed by atoms with Crippen molar-refractivity contribution in [1.29, 1.82) is 0 Å². The summed E-state index contributed by atoms with van der Waals surface area (Å²) >= 11 is 1.68. The van der Waals surface area contributed by atoms with E-state index in [0.29, 0.717) is 31.1 Å². The van der Waals surface area contributed by atoms with Crippen LogP contribution in [0.15, 0.2) is 18.2 Å². The molecule has 2 aromatic rings. The van der Waals surface area contributed by atoms with Gasteiger partial charge in [0.25, 0.3) is 0 Å². The normalized spacial score (nSPS) is 15.4. The topological polar surface area (TPSA) is 105 Å². The number of thiazole rings is 1. The molecular formula is C24H37N3O3S. The summed E-state index contributed by atoms with van der Waals surface area (Å²) in [4.78, 5) is 26.6. The number of rotatable bonds is 8. The lowest BCUT2D eigenvalue weighted by Gasteiger charge is -2.29. The number of fused-ring (bicyclic) bond motifs is 1. The third kappa shape index (κ3) is 8.22. The molecule has 1 unspecified atom stereocenters. The van der Waals surface area contributed by atoms with Crippen LogP contribution in [0.2, 0.25) is 0 Å². The number of hydrogen-bond donors (Lipinski definition) is 3. The number of nitrogens with zero attached hydrogens (tertiary/aromatic N) is 1. The summed E-state index contributed by atoms with van der Waals surface area (Å²) in [5.41, 5.74) is 6.99. The molecule has 1 atom stereocenters. The van der Waals surface area contributed by atoms with Crippen molar-refractivity contribution >= 4 is 33.4 Å². The molecule has 0 bridgehead atoms. The van der Waals surface area contributed by atoms with Crippen LogP contribution in [-0.2, 0) is 16.0 Å². The zero-order chi connectivity index (χ0) is 22.8. The standard InChI is InChI=1S/C21H30N2O2S.C3H7NO/c1-14(2)16-8-9-17-19(12-16)26-21(23-17)11-10-20(25)22-18(13-24)15-6-4-3-5-7-15;1-2-3(4)5/h8-9,12,14-15,18,24H,3-7,10-11,13H2,1-2H3,(H,22,25);2H2,1H3,(H2,4,5). The maximum atomic E-state index is 12.3. The molecular weight excluding hydrogens is 410 g/mol. The molecule has 1 aliphatic carbocycles. The van der Waals surface area contributed by atoms with E-state index < -0.39 is 0 Å². The molecule has 1 heterocycles. The highest BCUT2D eigenvalue weighted by Crippen LogP contribution is 2.28. The molecule has 0 aliphatic heterocycles. The summed E-state index contributed by atoms with van der Waals surface area (Å²) < 4.78 is 1.20. The van der Waals surface area contributed by atoms with E-state index in [1.54, 1.807) is 18.3 Å². The van der Waals surface area contributed by atoms with Gasteiger partial charge in [0.2, 0.25) is 11.8 Å². The molecule has 1 aromatic carbocycles. The highest BCUT2D eigenvalue weighted by molar-refractivity contribution is 7.18. The number of aryl methyl sites for hydroxylation is 1. The largest absolute Gasteiger partial charge is 0.394 e. The van der Waals surface area contributed by atoms with Gasteiger partial charge in [0, 0.05) is 19.3 Å². The van der Waals surface area contributed by atoms with E-state index in [1.807, 2.05) is 0 Å². The Morgan fingerprint density at radius 1 is 1.26 bits per heavy atom. The Labute approximate surface area is 189 Å². The van der Waals surface area contributed by atoms with E-state index in [2.05, 4.69) is 48.1 Å². The average molecular weight is 448 g/mol. The second kappa shape index (κ2) is 12.8. The van der Waals surface area contributed by atoms with E-state index in [1.165, 1.54) is 29.5 Å². The number of carbonyl (C=O) groups is 2. The minimum Gasteiger partial charge on any atom is -0.394 e. The Morgan fingerprint density at radius 3 is 2.52 bits per heavy atom. The maximum absolute atomic E-state index is 12.3. The lowest BCUT2D eigenvalue weighted by molar-refractivity contribution is -0.122. The van der Waals surface area contributed by atoms with Crippen molar-refractivity contribution in [2.75, 3.05) is 6.61 Å². The number of aliphatic hydroxyl groups excluding tert-OH is 1. The SMILES string of the molecule is CC(C)c1ccc2nc(CCC(=O)NC(CO)C3CCCCC3)sc2c1.CCC(N)=O. The quantitative estimate of drug-likeness (QED) is 0.561. The first-order valence-corrected chi connectivity index (χ1v) is 12.2. The van der Waals surface area contributed by atoms with Crippen molar-refractivity contribution in [1.82, 2.24) is 10.3 Å². The van der Waals surface area contributed by atoms with Gasteiger partial charge in [-0.25, -0.2) is 4.98 Å². The van der Waals surface area contributed by atoms with Crippen molar-refractivity contribution in [3.63, 3.8) is 0 Å². The highest BCUT2D eigenvalue weighted by atomic mass is 32.1. The predicted molar refractivity (Wildman–Crippen MR) is 127 cm³/mol. The smallest absolute Gasteiger partial charge is 0.220 e. The molecule has 6 nitrogen and oxygen atoms in total. The van der Waals surface area contributed by atoms with Gasteiger partial charge in [0.05, 0.1) is 27.9 Å². The molecule has 31 heavy (non-hydrogen) atoms. The minimum atomic E-state index is -0.245. The van der Waals surface area contributed by atoms with Crippen LogP contribution in [0, 0.1) is 5.92 Å². The molecule has 0 saturated heterocycles. The molecule has 0 spiro atoms. The Balaban J connectivity index is 0.000000614. The van der Waals surface area contributed by atoms with E-state index in [0.717, 1.165) is 23.4 Å². The van der Waals surface area contributed by atoms with Crippen molar-refractivity contribution < 1.29 is 14.7 Å². The highest BCUT2D eigenvalue weighted by Gasteiger charge is 2.24. The monoisotopic (exact) mass is 447 g/mol. The maximum Gasteiger partial charge on any atom is 0.220 e. The van der Waals surface area contributed by atoms with Gasteiger partial charge in [-0.2, -0.15) is 0 Å². The van der Waals surface area contributed by atoms with Gasteiger partial charge in [-0.1, -0.05) is 46.1 Å². The van der Waals surface area contributed by atoms with Crippen molar-refractivity contribution in [2.24, 2.45) is 11.7 Å². The molecule has 4 N–H and O–H groups in total. The van der Waals surface area contributed by atoms with Crippen LogP contribution in [0.3, 0.4) is 0 Å². The molecule has 2 amide bonds. The number of carbonyl (C=O) groups excluding carboxylic acids is 2. The molecule has 1 fully saturated rings. The summed E-state index contributed by atoms with van der Waals surface area (Å²) in [7, 11) is 0. The van der Waals surface area contributed by atoms with Gasteiger partial charge in [-0.05, 0) is 42.4 Å². The number of aromatic nitrogens is 1. The van der Waals surface area contributed by atoms with Crippen LogP contribution >= 0.6 is 11.3 Å². The first-order chi connectivity index (χ1) is 14.8. The lowest BCUT2D eigenvalue weighted by Crippen LogP contribution is -2.43. The van der Waals surface area contributed by atoms with Crippen LogP contribution in [0.5, 0.6) is 0 Å². The minimum absolute atomic E-state index is 0.0248. The fraction of sp³-hybridized carbons (Fsp3) is 0.625. The molecule has 7 heteroatoms. The molecule has 1 aromatic heterocycles. The van der Waals surface area contributed by atoms with Crippen molar-refractivity contribution in [3.05, 3.63) is 28.8 Å². The third-order valence-electron chi connectivity index (χ3n) is 5.80.